The number of benzene rings is 1. The summed E-state index contributed by atoms with van der Waals surface area (Å²) in [5.41, 5.74) is 0. The first-order valence-corrected chi connectivity index (χ1v) is 8.03. The van der Waals surface area contributed by atoms with Crippen LogP contribution in [0.25, 0.3) is 0 Å². The number of hydrogen-bond donors (Lipinski definition) is 2. The van der Waals surface area contributed by atoms with E-state index in [-0.39, 0.29) is 9.92 Å². The second-order valence-electron chi connectivity index (χ2n) is 4.55. The largest absolute Gasteiger partial charge is 0.314 e. The van der Waals surface area contributed by atoms with Gasteiger partial charge in [-0.3, -0.25) is 0 Å². The number of sulfonamides is 1. The summed E-state index contributed by atoms with van der Waals surface area (Å²) < 4.78 is 39.3. The van der Waals surface area contributed by atoms with Crippen LogP contribution in [0.1, 0.15) is 19.3 Å². The van der Waals surface area contributed by atoms with Crippen molar-refractivity contribution in [3.63, 3.8) is 0 Å². The molecule has 1 aromatic rings. The van der Waals surface area contributed by atoms with E-state index in [4.69, 9.17) is 11.6 Å². The Labute approximate surface area is 117 Å². The highest BCUT2D eigenvalue weighted by atomic mass is 35.5. The number of rotatable bonds is 7. The van der Waals surface area contributed by atoms with Crippen molar-refractivity contribution in [2.24, 2.45) is 0 Å². The molecule has 0 unspecified atom stereocenters. The summed E-state index contributed by atoms with van der Waals surface area (Å²) in [4.78, 5) is -0.218. The Kier molecular flexibility index (Phi) is 4.78. The molecule has 0 spiro atoms. The van der Waals surface area contributed by atoms with Gasteiger partial charge in [-0.05, 0) is 44.0 Å². The maximum atomic E-state index is 13.1. The third-order valence-electron chi connectivity index (χ3n) is 2.84. The van der Waals surface area contributed by atoms with E-state index in [0.29, 0.717) is 19.0 Å². The summed E-state index contributed by atoms with van der Waals surface area (Å²) in [7, 11) is -3.75. The van der Waals surface area contributed by atoms with E-state index in [9.17, 15) is 12.8 Å². The summed E-state index contributed by atoms with van der Waals surface area (Å²) in [6, 6.07) is 3.89. The van der Waals surface area contributed by atoms with Crippen LogP contribution in [0, 0.1) is 5.82 Å². The monoisotopic (exact) mass is 306 g/mol. The number of nitrogens with one attached hydrogen (secondary N) is 2. The van der Waals surface area contributed by atoms with Crippen LogP contribution in [-0.4, -0.2) is 27.5 Å². The molecule has 1 aliphatic rings. The zero-order chi connectivity index (χ0) is 13.9. The van der Waals surface area contributed by atoms with Crippen molar-refractivity contribution < 1.29 is 12.8 Å². The average molecular weight is 307 g/mol. The predicted molar refractivity (Wildman–Crippen MR) is 72.2 cm³/mol. The van der Waals surface area contributed by atoms with Gasteiger partial charge in [0.15, 0.2) is 0 Å². The Balaban J connectivity index is 1.87. The first kappa shape index (κ1) is 14.7. The van der Waals surface area contributed by atoms with Crippen molar-refractivity contribution in [2.45, 2.75) is 30.2 Å². The molecule has 0 aliphatic heterocycles. The molecule has 0 aromatic heterocycles. The van der Waals surface area contributed by atoms with Crippen LogP contribution in [0.2, 0.25) is 5.02 Å². The minimum absolute atomic E-state index is 0.0185. The predicted octanol–water partition coefficient (Wildman–Crippen LogP) is 1.90. The van der Waals surface area contributed by atoms with Gasteiger partial charge < -0.3 is 5.32 Å². The van der Waals surface area contributed by atoms with Gasteiger partial charge in [0.25, 0.3) is 0 Å². The second kappa shape index (κ2) is 6.17. The smallest absolute Gasteiger partial charge is 0.242 e. The normalized spacial score (nSPS) is 15.7. The standard InChI is InChI=1S/C12H16ClFN2O2S/c13-11-5-2-9(14)8-12(11)19(17,18)16-7-1-6-15-10-3-4-10/h2,5,8,10,15-16H,1,3-4,6-7H2. The van der Waals surface area contributed by atoms with E-state index in [1.54, 1.807) is 0 Å². The van der Waals surface area contributed by atoms with Crippen LogP contribution in [0.5, 0.6) is 0 Å². The molecule has 2 N–H and O–H groups in total. The molecular weight excluding hydrogens is 291 g/mol. The van der Waals surface area contributed by atoms with Crippen LogP contribution < -0.4 is 10.0 Å². The lowest BCUT2D eigenvalue weighted by atomic mass is 10.3. The minimum atomic E-state index is -3.75. The van der Waals surface area contributed by atoms with Gasteiger partial charge in [-0.1, -0.05) is 11.6 Å². The molecule has 0 heterocycles. The Hall–Kier alpha value is -0.690. The van der Waals surface area contributed by atoms with E-state index >= 15 is 0 Å². The highest BCUT2D eigenvalue weighted by molar-refractivity contribution is 7.89. The van der Waals surface area contributed by atoms with Crippen LogP contribution in [0.3, 0.4) is 0 Å². The lowest BCUT2D eigenvalue weighted by molar-refractivity contribution is 0.570. The maximum absolute atomic E-state index is 13.1. The quantitative estimate of drug-likeness (QED) is 0.757. The van der Waals surface area contributed by atoms with Gasteiger partial charge in [-0.2, -0.15) is 0 Å². The second-order valence-corrected chi connectivity index (χ2v) is 6.70. The van der Waals surface area contributed by atoms with Crippen LogP contribution >= 0.6 is 11.6 Å². The molecule has 106 valence electrons. The van der Waals surface area contributed by atoms with Gasteiger partial charge in [0, 0.05) is 12.6 Å². The van der Waals surface area contributed by atoms with E-state index in [2.05, 4.69) is 10.0 Å². The average Bonchev–Trinajstić information content (AvgIpc) is 3.15. The maximum Gasteiger partial charge on any atom is 0.242 e. The summed E-state index contributed by atoms with van der Waals surface area (Å²) in [6.07, 6.45) is 3.08. The summed E-state index contributed by atoms with van der Waals surface area (Å²) in [5, 5.41) is 3.30. The summed E-state index contributed by atoms with van der Waals surface area (Å²) in [5.74, 6) is -0.625. The molecule has 7 heteroatoms. The molecular formula is C12H16ClFN2O2S. The molecule has 0 saturated heterocycles. The fourth-order valence-corrected chi connectivity index (χ4v) is 3.23. The molecule has 19 heavy (non-hydrogen) atoms. The highest BCUT2D eigenvalue weighted by Gasteiger charge is 2.20. The topological polar surface area (TPSA) is 58.2 Å². The minimum Gasteiger partial charge on any atom is -0.314 e. The fourth-order valence-electron chi connectivity index (χ4n) is 1.65. The van der Waals surface area contributed by atoms with Crippen molar-refractivity contribution in [1.29, 1.82) is 0 Å². The molecule has 4 nitrogen and oxygen atoms in total. The van der Waals surface area contributed by atoms with E-state index in [1.165, 1.54) is 18.9 Å². The van der Waals surface area contributed by atoms with Gasteiger partial charge in [0.05, 0.1) is 5.02 Å². The fraction of sp³-hybridized carbons (Fsp3) is 0.500. The molecule has 0 amide bonds. The zero-order valence-electron chi connectivity index (χ0n) is 10.3. The molecule has 0 bridgehead atoms. The molecule has 1 saturated carbocycles. The van der Waals surface area contributed by atoms with E-state index < -0.39 is 15.8 Å². The molecule has 0 radical (unpaired) electrons. The van der Waals surface area contributed by atoms with E-state index in [0.717, 1.165) is 18.7 Å². The lowest BCUT2D eigenvalue weighted by Gasteiger charge is -2.08. The van der Waals surface area contributed by atoms with Crippen molar-refractivity contribution in [3.8, 4) is 0 Å². The molecule has 1 fully saturated rings. The Morgan fingerprint density at radius 1 is 1.32 bits per heavy atom. The first-order valence-electron chi connectivity index (χ1n) is 6.17. The zero-order valence-corrected chi connectivity index (χ0v) is 11.9. The SMILES string of the molecule is O=S(=O)(NCCCNC1CC1)c1cc(F)ccc1Cl. The molecule has 1 aromatic carbocycles. The Bertz CT molecular complexity index is 547. The van der Waals surface area contributed by atoms with Crippen molar-refractivity contribution >= 4 is 21.6 Å². The van der Waals surface area contributed by atoms with Gasteiger partial charge in [0.2, 0.25) is 10.0 Å². The van der Waals surface area contributed by atoms with E-state index in [1.807, 2.05) is 0 Å². The van der Waals surface area contributed by atoms with Crippen LogP contribution in [0.4, 0.5) is 4.39 Å². The van der Waals surface area contributed by atoms with Crippen molar-refractivity contribution in [2.75, 3.05) is 13.1 Å². The molecule has 2 rings (SSSR count). The summed E-state index contributed by atoms with van der Waals surface area (Å²) in [6.45, 7) is 1.07. The first-order chi connectivity index (χ1) is 8.99. The van der Waals surface area contributed by atoms with Gasteiger partial charge in [-0.15, -0.1) is 0 Å². The number of hydrogen-bond acceptors (Lipinski definition) is 3. The lowest BCUT2D eigenvalue weighted by Crippen LogP contribution is -2.28. The molecule has 0 atom stereocenters. The van der Waals surface area contributed by atoms with Gasteiger partial charge in [-0.25, -0.2) is 17.5 Å². The van der Waals surface area contributed by atoms with Crippen molar-refractivity contribution in [3.05, 3.63) is 29.0 Å². The summed E-state index contributed by atoms with van der Waals surface area (Å²) >= 11 is 5.77. The van der Waals surface area contributed by atoms with Crippen LogP contribution in [-0.2, 0) is 10.0 Å². The third-order valence-corrected chi connectivity index (χ3v) is 4.78. The van der Waals surface area contributed by atoms with Crippen LogP contribution in [0.15, 0.2) is 23.1 Å². The third kappa shape index (κ3) is 4.42. The van der Waals surface area contributed by atoms with Gasteiger partial charge >= 0.3 is 0 Å². The van der Waals surface area contributed by atoms with Crippen molar-refractivity contribution in [1.82, 2.24) is 10.0 Å². The number of halogens is 2. The molecule has 1 aliphatic carbocycles. The highest BCUT2D eigenvalue weighted by Crippen LogP contribution is 2.22. The van der Waals surface area contributed by atoms with Gasteiger partial charge in [0.1, 0.15) is 10.7 Å². The Morgan fingerprint density at radius 2 is 2.05 bits per heavy atom. The Morgan fingerprint density at radius 3 is 2.74 bits per heavy atom.